The number of pyridine rings is 1. The highest BCUT2D eigenvalue weighted by atomic mass is 19.4. The van der Waals surface area contributed by atoms with Crippen LogP contribution in [0.15, 0.2) is 36.4 Å². The van der Waals surface area contributed by atoms with Crippen LogP contribution < -0.4 is 16.4 Å². The molecule has 1 aromatic carbocycles. The lowest BCUT2D eigenvalue weighted by atomic mass is 10.1. The molecule has 0 unspecified atom stereocenters. The van der Waals surface area contributed by atoms with Gasteiger partial charge in [-0.25, -0.2) is 9.78 Å². The number of halogens is 3. The average molecular weight is 326 g/mol. The lowest BCUT2D eigenvalue weighted by Crippen LogP contribution is -2.11. The van der Waals surface area contributed by atoms with Crippen molar-refractivity contribution in [3.05, 3.63) is 47.5 Å². The van der Waals surface area contributed by atoms with Crippen LogP contribution in [0, 0.1) is 0 Å². The molecule has 0 aliphatic rings. The number of amides is 1. The summed E-state index contributed by atoms with van der Waals surface area (Å²) in [5, 5.41) is 13.6. The van der Waals surface area contributed by atoms with E-state index in [0.29, 0.717) is 11.4 Å². The molecule has 0 fully saturated rings. The van der Waals surface area contributed by atoms with Gasteiger partial charge in [-0.05, 0) is 29.8 Å². The SMILES string of the molecule is Nc1nc(NCc2ccc(C(F)(F)F)cc2)ccc1NC(=O)O. The molecule has 1 amide bonds. The summed E-state index contributed by atoms with van der Waals surface area (Å²) in [5.41, 5.74) is 5.67. The molecule has 0 aliphatic carbocycles. The van der Waals surface area contributed by atoms with Crippen molar-refractivity contribution in [3.63, 3.8) is 0 Å². The van der Waals surface area contributed by atoms with Gasteiger partial charge in [0, 0.05) is 6.54 Å². The molecule has 1 aromatic heterocycles. The molecule has 122 valence electrons. The van der Waals surface area contributed by atoms with Gasteiger partial charge in [0.25, 0.3) is 0 Å². The maximum Gasteiger partial charge on any atom is 0.416 e. The zero-order chi connectivity index (χ0) is 17.0. The van der Waals surface area contributed by atoms with Gasteiger partial charge in [0.05, 0.1) is 11.3 Å². The molecule has 0 atom stereocenters. The number of nitrogen functional groups attached to an aromatic ring is 1. The molecule has 2 aromatic rings. The molecular weight excluding hydrogens is 313 g/mol. The first-order valence-corrected chi connectivity index (χ1v) is 6.42. The van der Waals surface area contributed by atoms with Crippen LogP contribution in [0.2, 0.25) is 0 Å². The summed E-state index contributed by atoms with van der Waals surface area (Å²) in [7, 11) is 0. The van der Waals surface area contributed by atoms with Gasteiger partial charge in [-0.2, -0.15) is 13.2 Å². The number of alkyl halides is 3. The highest BCUT2D eigenvalue weighted by Gasteiger charge is 2.29. The molecule has 2 rings (SSSR count). The van der Waals surface area contributed by atoms with E-state index in [4.69, 9.17) is 10.8 Å². The quantitative estimate of drug-likeness (QED) is 0.690. The van der Waals surface area contributed by atoms with Crippen LogP contribution in [-0.2, 0) is 12.7 Å². The normalized spacial score (nSPS) is 11.1. The van der Waals surface area contributed by atoms with E-state index in [2.05, 4.69) is 15.6 Å². The van der Waals surface area contributed by atoms with Crippen molar-refractivity contribution in [2.75, 3.05) is 16.4 Å². The second-order valence-electron chi connectivity index (χ2n) is 4.61. The molecule has 23 heavy (non-hydrogen) atoms. The van der Waals surface area contributed by atoms with Gasteiger partial charge in [-0.15, -0.1) is 0 Å². The Balaban J connectivity index is 2.01. The van der Waals surface area contributed by atoms with E-state index in [1.807, 2.05) is 0 Å². The fourth-order valence-electron chi connectivity index (χ4n) is 1.80. The number of nitrogens with two attached hydrogens (primary N) is 1. The lowest BCUT2D eigenvalue weighted by molar-refractivity contribution is -0.137. The molecule has 0 saturated carbocycles. The van der Waals surface area contributed by atoms with Crippen molar-refractivity contribution >= 4 is 23.4 Å². The lowest BCUT2D eigenvalue weighted by Gasteiger charge is -2.10. The molecule has 6 nitrogen and oxygen atoms in total. The Kier molecular flexibility index (Phi) is 4.58. The second-order valence-corrected chi connectivity index (χ2v) is 4.61. The number of nitrogens with zero attached hydrogens (tertiary/aromatic N) is 1. The fourth-order valence-corrected chi connectivity index (χ4v) is 1.80. The Hall–Kier alpha value is -2.97. The number of hydrogen-bond acceptors (Lipinski definition) is 4. The zero-order valence-corrected chi connectivity index (χ0v) is 11.7. The van der Waals surface area contributed by atoms with Crippen LogP contribution in [0.25, 0.3) is 0 Å². The van der Waals surface area contributed by atoms with E-state index < -0.39 is 17.8 Å². The van der Waals surface area contributed by atoms with E-state index >= 15 is 0 Å². The summed E-state index contributed by atoms with van der Waals surface area (Å²) in [6.07, 6.45) is -5.63. The molecule has 1 heterocycles. The van der Waals surface area contributed by atoms with Crippen LogP contribution in [0.1, 0.15) is 11.1 Å². The molecule has 0 bridgehead atoms. The number of carbonyl (C=O) groups is 1. The predicted molar refractivity (Wildman–Crippen MR) is 79.1 cm³/mol. The maximum atomic E-state index is 12.5. The largest absolute Gasteiger partial charge is 0.465 e. The summed E-state index contributed by atoms with van der Waals surface area (Å²) in [5.74, 6) is 0.364. The first kappa shape index (κ1) is 16.4. The van der Waals surface area contributed by atoms with Gasteiger partial charge in [0.1, 0.15) is 11.6 Å². The Bertz CT molecular complexity index is 702. The van der Waals surface area contributed by atoms with Gasteiger partial charge in [0.15, 0.2) is 0 Å². The molecule has 0 radical (unpaired) electrons. The summed E-state index contributed by atoms with van der Waals surface area (Å²) >= 11 is 0. The van der Waals surface area contributed by atoms with Crippen molar-refractivity contribution in [3.8, 4) is 0 Å². The van der Waals surface area contributed by atoms with Crippen LogP contribution in [0.3, 0.4) is 0 Å². The van der Waals surface area contributed by atoms with Crippen molar-refractivity contribution in [2.45, 2.75) is 12.7 Å². The number of anilines is 3. The van der Waals surface area contributed by atoms with Gasteiger partial charge >= 0.3 is 12.3 Å². The van der Waals surface area contributed by atoms with Crippen molar-refractivity contribution in [2.24, 2.45) is 0 Å². The average Bonchev–Trinajstić information content (AvgIpc) is 2.47. The van der Waals surface area contributed by atoms with Crippen molar-refractivity contribution in [1.29, 1.82) is 0 Å². The number of nitrogens with one attached hydrogen (secondary N) is 2. The molecule has 0 saturated heterocycles. The second kappa shape index (κ2) is 6.42. The minimum atomic E-state index is -4.37. The third kappa shape index (κ3) is 4.50. The summed E-state index contributed by atoms with van der Waals surface area (Å²) in [6.45, 7) is 0.246. The first-order chi connectivity index (χ1) is 10.8. The third-order valence-electron chi connectivity index (χ3n) is 2.92. The molecule has 9 heteroatoms. The molecule has 0 aliphatic heterocycles. The third-order valence-corrected chi connectivity index (χ3v) is 2.92. The van der Waals surface area contributed by atoms with Crippen LogP contribution in [0.5, 0.6) is 0 Å². The molecular formula is C14H13F3N4O2. The minimum Gasteiger partial charge on any atom is -0.465 e. The Labute approximate surface area is 129 Å². The zero-order valence-electron chi connectivity index (χ0n) is 11.7. The van der Waals surface area contributed by atoms with Gasteiger partial charge in [-0.3, -0.25) is 5.32 Å². The minimum absolute atomic E-state index is 0.00943. The highest BCUT2D eigenvalue weighted by Crippen LogP contribution is 2.29. The van der Waals surface area contributed by atoms with E-state index in [1.54, 1.807) is 0 Å². The fraction of sp³-hybridized carbons (Fsp3) is 0.143. The van der Waals surface area contributed by atoms with Crippen LogP contribution in [-0.4, -0.2) is 16.2 Å². The Morgan fingerprint density at radius 1 is 1.17 bits per heavy atom. The summed E-state index contributed by atoms with van der Waals surface area (Å²) in [4.78, 5) is 14.5. The summed E-state index contributed by atoms with van der Waals surface area (Å²) in [6, 6.07) is 7.66. The Morgan fingerprint density at radius 3 is 2.35 bits per heavy atom. The number of aromatic nitrogens is 1. The van der Waals surface area contributed by atoms with E-state index in [1.165, 1.54) is 24.3 Å². The maximum absolute atomic E-state index is 12.5. The number of benzene rings is 1. The van der Waals surface area contributed by atoms with Crippen molar-refractivity contribution < 1.29 is 23.1 Å². The number of carboxylic acid groups (broad SMARTS) is 1. The number of rotatable bonds is 4. The molecule has 5 N–H and O–H groups in total. The standard InChI is InChI=1S/C14H13F3N4O2/c15-14(16,17)9-3-1-8(2-4-9)7-19-11-6-5-10(12(18)21-11)20-13(22)23/h1-6,20H,7H2,(H,22,23)(H3,18,19,21). The highest BCUT2D eigenvalue weighted by molar-refractivity contribution is 5.86. The number of hydrogen-bond donors (Lipinski definition) is 4. The summed E-state index contributed by atoms with van der Waals surface area (Å²) < 4.78 is 37.4. The van der Waals surface area contributed by atoms with Gasteiger partial charge in [0.2, 0.25) is 0 Å². The van der Waals surface area contributed by atoms with E-state index in [9.17, 15) is 18.0 Å². The predicted octanol–water partition coefficient (Wildman–Crippen LogP) is 3.38. The van der Waals surface area contributed by atoms with Crippen LogP contribution in [0.4, 0.5) is 35.3 Å². The smallest absolute Gasteiger partial charge is 0.416 e. The van der Waals surface area contributed by atoms with Crippen molar-refractivity contribution in [1.82, 2.24) is 4.98 Å². The van der Waals surface area contributed by atoms with E-state index in [-0.39, 0.29) is 18.1 Å². The topological polar surface area (TPSA) is 100 Å². The van der Waals surface area contributed by atoms with Gasteiger partial charge in [-0.1, -0.05) is 12.1 Å². The van der Waals surface area contributed by atoms with E-state index in [0.717, 1.165) is 12.1 Å². The monoisotopic (exact) mass is 326 g/mol. The first-order valence-electron chi connectivity index (χ1n) is 6.42. The van der Waals surface area contributed by atoms with Gasteiger partial charge < -0.3 is 16.2 Å². The Morgan fingerprint density at radius 2 is 1.83 bits per heavy atom. The van der Waals surface area contributed by atoms with Crippen LogP contribution >= 0.6 is 0 Å². The molecule has 0 spiro atoms.